The third-order valence-corrected chi connectivity index (χ3v) is 19.9. The number of Topliss-reactive ketones (excluding diaryl/α,β-unsaturated/α-hetero) is 1. The number of likely N-dealkylation sites (tertiary alicyclic amines) is 1. The Balaban J connectivity index is 1.64. The van der Waals surface area contributed by atoms with E-state index in [-0.39, 0.29) is 35.2 Å². The van der Waals surface area contributed by atoms with Crippen LogP contribution in [0.3, 0.4) is 0 Å². The van der Waals surface area contributed by atoms with Crippen LogP contribution in [0.4, 0.5) is 0 Å². The second kappa shape index (κ2) is 15.6. The first-order chi connectivity index (χ1) is 26.1. The molecular weight excluding hydrogens is 728 g/mol. The van der Waals surface area contributed by atoms with Crippen molar-refractivity contribution in [2.75, 3.05) is 6.61 Å². The molecule has 1 aliphatic heterocycles. The van der Waals surface area contributed by atoms with Crippen LogP contribution in [0.5, 0.6) is 0 Å². The summed E-state index contributed by atoms with van der Waals surface area (Å²) in [5, 5.41) is 2.39. The van der Waals surface area contributed by atoms with Crippen molar-refractivity contribution < 1.29 is 28.0 Å². The Labute approximate surface area is 323 Å². The van der Waals surface area contributed by atoms with Crippen LogP contribution in [-0.2, 0) is 25.8 Å². The molecule has 0 unspecified atom stereocenters. The van der Waals surface area contributed by atoms with Crippen LogP contribution in [0.2, 0.25) is 18.1 Å². The fourth-order valence-corrected chi connectivity index (χ4v) is 13.1. The smallest absolute Gasteiger partial charge is 0.419 e. The molecule has 5 aromatic rings. The molecule has 1 fully saturated rings. The second-order valence-electron chi connectivity index (χ2n) is 15.5. The van der Waals surface area contributed by atoms with Crippen molar-refractivity contribution in [3.05, 3.63) is 138 Å². The molecule has 4 aromatic carbocycles. The topological polar surface area (TPSA) is 108 Å². The van der Waals surface area contributed by atoms with Gasteiger partial charge in [-0.25, -0.2) is 9.59 Å². The number of oxazole rings is 1. The van der Waals surface area contributed by atoms with Crippen LogP contribution in [0.15, 0.2) is 131 Å². The van der Waals surface area contributed by atoms with Gasteiger partial charge in [-0.2, -0.15) is 0 Å². The minimum atomic E-state index is -3.21. The normalized spacial score (nSPS) is 16.7. The minimum absolute atomic E-state index is 0.0793. The molecule has 1 amide bonds. The quantitative estimate of drug-likeness (QED) is 0.0324. The van der Waals surface area contributed by atoms with Crippen molar-refractivity contribution in [1.82, 2.24) is 9.47 Å². The molecule has 0 aliphatic carbocycles. The summed E-state index contributed by atoms with van der Waals surface area (Å²) >= 11 is 0. The molecule has 11 heteroatoms. The first kappa shape index (κ1) is 39.7. The van der Waals surface area contributed by atoms with Gasteiger partial charge in [0, 0.05) is 25.9 Å². The molecule has 0 spiro atoms. The van der Waals surface area contributed by atoms with Gasteiger partial charge in [0.25, 0.3) is 0 Å². The lowest BCUT2D eigenvalue weighted by Crippen LogP contribution is -2.69. The second-order valence-corrected chi connectivity index (χ2v) is 23.6. The Morgan fingerprint density at radius 2 is 1.42 bits per heavy atom. The zero-order valence-corrected chi connectivity index (χ0v) is 34.4. The largest absolute Gasteiger partial charge is 0.457 e. The van der Waals surface area contributed by atoms with Crippen LogP contribution in [-0.4, -0.2) is 59.6 Å². The number of hydrogen-bond acceptors (Lipinski definition) is 7. The lowest BCUT2D eigenvalue weighted by atomic mass is 9.79. The summed E-state index contributed by atoms with van der Waals surface area (Å²) in [5.74, 6) is -2.51. The van der Waals surface area contributed by atoms with E-state index in [0.717, 1.165) is 15.9 Å². The number of rotatable bonds is 13. The first-order valence-corrected chi connectivity index (χ1v) is 23.2. The summed E-state index contributed by atoms with van der Waals surface area (Å²) in [4.78, 5) is 58.4. The molecule has 55 heavy (non-hydrogen) atoms. The van der Waals surface area contributed by atoms with E-state index in [1.165, 1.54) is 10.6 Å². The van der Waals surface area contributed by atoms with Crippen molar-refractivity contribution in [2.24, 2.45) is 13.0 Å². The SMILES string of the molecule is C=CCOC(=O)C(N1C(=O)[C@H]([C@H](C)O[Si](C)(C)C(C)(C)C)[C@H]1CC(=O)c1ccc2oc(=O)n(C)c2c1)=P(c1ccccc1)(c1ccccc1)c1ccccc1. The molecule has 1 aliphatic rings. The molecule has 286 valence electrons. The maximum atomic E-state index is 15.1. The zero-order valence-electron chi connectivity index (χ0n) is 32.5. The number of ketones is 1. The number of esters is 1. The van der Waals surface area contributed by atoms with E-state index >= 15 is 4.79 Å². The van der Waals surface area contributed by atoms with Crippen LogP contribution >= 0.6 is 6.89 Å². The van der Waals surface area contributed by atoms with E-state index in [2.05, 4.69) is 40.4 Å². The molecule has 0 bridgehead atoms. The van der Waals surface area contributed by atoms with Gasteiger partial charge in [-0.1, -0.05) is 124 Å². The summed E-state index contributed by atoms with van der Waals surface area (Å²) in [6.45, 7) is 13.1. The van der Waals surface area contributed by atoms with Crippen LogP contribution in [0.25, 0.3) is 11.1 Å². The molecule has 6 rings (SSSR count). The van der Waals surface area contributed by atoms with Gasteiger partial charge in [-0.05, 0) is 59.2 Å². The van der Waals surface area contributed by atoms with Crippen LogP contribution in [0.1, 0.15) is 44.5 Å². The lowest BCUT2D eigenvalue weighted by Gasteiger charge is -2.53. The van der Waals surface area contributed by atoms with Gasteiger partial charge in [0.15, 0.2) is 19.7 Å². The predicted molar refractivity (Wildman–Crippen MR) is 224 cm³/mol. The Kier molecular flexibility index (Phi) is 11.3. The van der Waals surface area contributed by atoms with Crippen LogP contribution < -0.4 is 21.7 Å². The van der Waals surface area contributed by atoms with Crippen molar-refractivity contribution >= 4 is 65.3 Å². The van der Waals surface area contributed by atoms with E-state index in [4.69, 9.17) is 13.6 Å². The number of nitrogens with zero attached hydrogens (tertiary/aromatic N) is 2. The Bertz CT molecular complexity index is 2240. The summed E-state index contributed by atoms with van der Waals surface area (Å²) in [5.41, 5.74) is 1.38. The van der Waals surface area contributed by atoms with E-state index in [1.807, 2.05) is 97.9 Å². The first-order valence-electron chi connectivity index (χ1n) is 18.5. The molecule has 1 aromatic heterocycles. The highest BCUT2D eigenvalue weighted by atomic mass is 31.2. The number of aromatic nitrogens is 1. The number of carbonyl (C=O) groups excluding carboxylic acids is 3. The summed E-state index contributed by atoms with van der Waals surface area (Å²) < 4.78 is 19.5. The highest BCUT2D eigenvalue weighted by Crippen LogP contribution is 2.51. The minimum Gasteiger partial charge on any atom is -0.457 e. The van der Waals surface area contributed by atoms with Crippen molar-refractivity contribution in [3.8, 4) is 0 Å². The fraction of sp³-hybridized carbons (Fsp3) is 0.295. The van der Waals surface area contributed by atoms with Crippen molar-refractivity contribution in [2.45, 2.75) is 64.4 Å². The number of β-lactam (4-membered cyclic amide) rings is 1. The monoisotopic (exact) mass is 776 g/mol. The maximum absolute atomic E-state index is 15.1. The molecule has 2 heterocycles. The number of fused-ring (bicyclic) bond motifs is 1. The fourth-order valence-electron chi connectivity index (χ4n) is 7.25. The van der Waals surface area contributed by atoms with Gasteiger partial charge < -0.3 is 18.5 Å². The molecule has 0 saturated carbocycles. The molecule has 1 saturated heterocycles. The number of amides is 1. The number of aryl methyl sites for hydroxylation is 1. The predicted octanol–water partition coefficient (Wildman–Crippen LogP) is 6.79. The summed E-state index contributed by atoms with van der Waals surface area (Å²) in [6.07, 6.45) is 0.817. The highest BCUT2D eigenvalue weighted by Gasteiger charge is 2.57. The lowest BCUT2D eigenvalue weighted by molar-refractivity contribution is -0.156. The maximum Gasteiger partial charge on any atom is 0.419 e. The third kappa shape index (κ3) is 7.26. The van der Waals surface area contributed by atoms with E-state index in [1.54, 1.807) is 30.1 Å². The van der Waals surface area contributed by atoms with Crippen molar-refractivity contribution in [3.63, 3.8) is 0 Å². The average molecular weight is 777 g/mol. The summed E-state index contributed by atoms with van der Waals surface area (Å²) in [7, 11) is -0.811. The van der Waals surface area contributed by atoms with E-state index < -0.39 is 45.0 Å². The molecular formula is C44H49N2O7PSi. The zero-order chi connectivity index (χ0) is 39.7. The number of benzene rings is 4. The van der Waals surface area contributed by atoms with Crippen molar-refractivity contribution in [1.29, 1.82) is 0 Å². The van der Waals surface area contributed by atoms with Gasteiger partial charge >= 0.3 is 11.7 Å². The number of carbonyl (C=O) groups is 3. The van der Waals surface area contributed by atoms with E-state index in [9.17, 15) is 14.4 Å². The molecule has 3 atom stereocenters. The average Bonchev–Trinajstić information content (AvgIpc) is 3.45. The Morgan fingerprint density at radius 3 is 1.91 bits per heavy atom. The summed E-state index contributed by atoms with van der Waals surface area (Å²) in [6, 6.07) is 33.4. The molecule has 9 nitrogen and oxygen atoms in total. The third-order valence-electron chi connectivity index (χ3n) is 11.1. The Hall–Kier alpha value is -5.02. The number of ether oxygens (including phenoxy) is 1. The van der Waals surface area contributed by atoms with Gasteiger partial charge in [0.05, 0.1) is 23.6 Å². The van der Waals surface area contributed by atoms with E-state index in [0.29, 0.717) is 16.7 Å². The number of hydrogen-bond donors (Lipinski definition) is 0. The van der Waals surface area contributed by atoms with Gasteiger partial charge in [0.2, 0.25) is 5.91 Å². The molecule has 0 N–H and O–H groups in total. The Morgan fingerprint density at radius 1 is 0.891 bits per heavy atom. The highest BCUT2D eigenvalue weighted by molar-refractivity contribution is 7.96. The molecule has 0 radical (unpaired) electrons. The standard InChI is InChI=1S/C44H49N2O7PSi/c1-9-27-51-42(49)41(54(32-19-13-10-14-20-32,33-21-15-11-16-22-33)34-23-17-12-18-24-34)46-36(39(40(46)48)30(2)53-55(7,8)44(3,4)5)29-37(47)31-25-26-38-35(28-31)45(6)43(50)52-38/h9-26,28,30,36,39H,1,27,29H2,2-8H3/t30-,36+,39+/m0/s1. The van der Waals surface area contributed by atoms with Crippen LogP contribution in [0, 0.1) is 5.92 Å². The van der Waals surface area contributed by atoms with Gasteiger partial charge in [-0.3, -0.25) is 14.2 Å². The van der Waals surface area contributed by atoms with Gasteiger partial charge in [-0.15, -0.1) is 0 Å². The van der Waals surface area contributed by atoms with Gasteiger partial charge in [0.1, 0.15) is 12.0 Å².